The second-order valence-corrected chi connectivity index (χ2v) is 16.5. The highest BCUT2D eigenvalue weighted by Gasteiger charge is 2.33. The van der Waals surface area contributed by atoms with Crippen LogP contribution in [0.4, 0.5) is 0 Å². The van der Waals surface area contributed by atoms with Gasteiger partial charge in [0.15, 0.2) is 6.29 Å². The lowest BCUT2D eigenvalue weighted by Crippen LogP contribution is -2.40. The number of unbranched alkanes of at least 4 members (excludes halogenated alkanes) is 10. The summed E-state index contributed by atoms with van der Waals surface area (Å²) < 4.78 is 11.5. The lowest BCUT2D eigenvalue weighted by molar-refractivity contribution is -0.253. The summed E-state index contributed by atoms with van der Waals surface area (Å²) in [4.78, 5) is 14.7. The lowest BCUT2D eigenvalue weighted by Gasteiger charge is -2.38. The van der Waals surface area contributed by atoms with Gasteiger partial charge in [-0.1, -0.05) is 180 Å². The van der Waals surface area contributed by atoms with Crippen LogP contribution in [0.3, 0.4) is 0 Å². The fourth-order valence-electron chi connectivity index (χ4n) is 6.82. The molecule has 9 heteroatoms. The van der Waals surface area contributed by atoms with Crippen LogP contribution in [0, 0.1) is 0 Å². The summed E-state index contributed by atoms with van der Waals surface area (Å²) in [7, 11) is 0. The standard InChI is InChI=1S/C43H59Cl3N2O4/c1-3-5-7-9-11-13-26-48(27-14-12-10-8-6-4-2)31-39-29-40(36-20-18-33(32-49)19-21-36)52-41(51-39)37-24-22-35(23-25-37)38-17-15-16-34(28-38)30-47-42(50)43(44,45)46/h15-25,28,39-41,49H,3-14,26-27,29-32H2,1-2H3,(H,47,50)/t39-,40+,41+/m0/s1. The Bertz CT molecular complexity index is 1430. The average Bonchev–Trinajstić information content (AvgIpc) is 3.16. The van der Waals surface area contributed by atoms with Crippen LogP contribution in [0.25, 0.3) is 11.1 Å². The SMILES string of the molecule is CCCCCCCCN(CCCCCCCC)C[C@@H]1C[C@H](c2ccc(CO)cc2)O[C@H](c2ccc(-c3cccc(CNC(=O)C(Cl)(Cl)Cl)c3)cc2)O1. The molecular weight excluding hydrogens is 715 g/mol. The maximum absolute atomic E-state index is 12.0. The molecule has 6 nitrogen and oxygen atoms in total. The number of carbonyl (C=O) groups is 1. The van der Waals surface area contributed by atoms with E-state index in [9.17, 15) is 9.90 Å². The highest BCUT2D eigenvalue weighted by atomic mass is 35.6. The number of carbonyl (C=O) groups excluding carboxylic acids is 1. The lowest BCUT2D eigenvalue weighted by atomic mass is 9.98. The van der Waals surface area contributed by atoms with Gasteiger partial charge in [-0.2, -0.15) is 0 Å². The zero-order valence-electron chi connectivity index (χ0n) is 31.1. The Labute approximate surface area is 327 Å². The number of rotatable bonds is 22. The van der Waals surface area contributed by atoms with Crippen molar-refractivity contribution in [3.63, 3.8) is 0 Å². The molecule has 0 aliphatic carbocycles. The number of nitrogens with one attached hydrogen (secondary N) is 1. The van der Waals surface area contributed by atoms with Gasteiger partial charge in [0.1, 0.15) is 0 Å². The Balaban J connectivity index is 1.47. The summed E-state index contributed by atoms with van der Waals surface area (Å²) in [5.74, 6) is -0.659. The van der Waals surface area contributed by atoms with Crippen LogP contribution in [0.15, 0.2) is 72.8 Å². The molecule has 3 aromatic rings. The van der Waals surface area contributed by atoms with Crippen LogP contribution in [-0.4, -0.2) is 45.4 Å². The first-order valence-corrected chi connectivity index (χ1v) is 20.6. The molecular formula is C43H59Cl3N2O4. The molecule has 1 fully saturated rings. The molecule has 4 rings (SSSR count). The molecule has 0 saturated carbocycles. The third-order valence-corrected chi connectivity index (χ3v) is 10.4. The van der Waals surface area contributed by atoms with E-state index in [2.05, 4.69) is 60.5 Å². The summed E-state index contributed by atoms with van der Waals surface area (Å²) in [6.45, 7) is 7.90. The minimum Gasteiger partial charge on any atom is -0.392 e. The molecule has 52 heavy (non-hydrogen) atoms. The molecule has 0 bridgehead atoms. The summed E-state index contributed by atoms with van der Waals surface area (Å²) in [6, 6.07) is 24.4. The van der Waals surface area contributed by atoms with Gasteiger partial charge in [-0.3, -0.25) is 4.79 Å². The molecule has 1 heterocycles. The number of hydrogen-bond acceptors (Lipinski definition) is 5. The average molecular weight is 774 g/mol. The molecule has 0 unspecified atom stereocenters. The summed E-state index contributed by atoms with van der Waals surface area (Å²) in [5.41, 5.74) is 5.90. The second-order valence-electron chi connectivity index (χ2n) is 14.2. The predicted molar refractivity (Wildman–Crippen MR) is 216 cm³/mol. The number of ether oxygens (including phenoxy) is 2. The minimum absolute atomic E-state index is 0.0146. The maximum atomic E-state index is 12.0. The molecule has 3 atom stereocenters. The number of aliphatic hydroxyl groups excluding tert-OH is 1. The number of benzene rings is 3. The van der Waals surface area contributed by atoms with Crippen LogP contribution in [0.2, 0.25) is 0 Å². The molecule has 2 N–H and O–H groups in total. The molecule has 3 aromatic carbocycles. The second kappa shape index (κ2) is 22.9. The smallest absolute Gasteiger partial charge is 0.272 e. The van der Waals surface area contributed by atoms with Crippen molar-refractivity contribution in [1.82, 2.24) is 10.2 Å². The van der Waals surface area contributed by atoms with Gasteiger partial charge in [-0.15, -0.1) is 0 Å². The molecule has 1 aliphatic heterocycles. The van der Waals surface area contributed by atoms with E-state index in [4.69, 9.17) is 44.3 Å². The van der Waals surface area contributed by atoms with Gasteiger partial charge in [0.25, 0.3) is 9.70 Å². The monoisotopic (exact) mass is 772 g/mol. The van der Waals surface area contributed by atoms with Crippen molar-refractivity contribution in [2.24, 2.45) is 0 Å². The topological polar surface area (TPSA) is 71.0 Å². The summed E-state index contributed by atoms with van der Waals surface area (Å²) in [6.07, 6.45) is 15.6. The summed E-state index contributed by atoms with van der Waals surface area (Å²) >= 11 is 17.1. The van der Waals surface area contributed by atoms with Crippen molar-refractivity contribution in [1.29, 1.82) is 0 Å². The van der Waals surface area contributed by atoms with Gasteiger partial charge in [-0.25, -0.2) is 0 Å². The van der Waals surface area contributed by atoms with Crippen molar-refractivity contribution in [3.05, 3.63) is 95.1 Å². The summed E-state index contributed by atoms with van der Waals surface area (Å²) in [5, 5.41) is 12.3. The van der Waals surface area contributed by atoms with Crippen molar-refractivity contribution >= 4 is 40.7 Å². The Hall–Kier alpha value is -2.16. The molecule has 0 aromatic heterocycles. The highest BCUT2D eigenvalue weighted by Crippen LogP contribution is 2.39. The number of aliphatic hydroxyl groups is 1. The van der Waals surface area contributed by atoms with Crippen LogP contribution >= 0.6 is 34.8 Å². The number of halogens is 3. The van der Waals surface area contributed by atoms with E-state index >= 15 is 0 Å². The van der Waals surface area contributed by atoms with Crippen LogP contribution in [0.5, 0.6) is 0 Å². The number of alkyl halides is 3. The van der Waals surface area contributed by atoms with E-state index in [1.807, 2.05) is 36.4 Å². The van der Waals surface area contributed by atoms with Gasteiger partial charge >= 0.3 is 0 Å². The predicted octanol–water partition coefficient (Wildman–Crippen LogP) is 11.4. The number of nitrogens with zero attached hydrogens (tertiary/aromatic N) is 1. The number of hydrogen-bond donors (Lipinski definition) is 2. The Morgan fingerprint density at radius 3 is 1.94 bits per heavy atom. The maximum Gasteiger partial charge on any atom is 0.272 e. The van der Waals surface area contributed by atoms with Gasteiger partial charge in [0.05, 0.1) is 18.8 Å². The van der Waals surface area contributed by atoms with Gasteiger partial charge in [0, 0.05) is 25.1 Å². The molecule has 1 saturated heterocycles. The fraction of sp³-hybridized carbons (Fsp3) is 0.558. The van der Waals surface area contributed by atoms with E-state index in [-0.39, 0.29) is 25.4 Å². The Kier molecular flexibility index (Phi) is 18.8. The van der Waals surface area contributed by atoms with E-state index in [0.29, 0.717) is 0 Å². The Morgan fingerprint density at radius 2 is 1.35 bits per heavy atom. The third kappa shape index (κ3) is 14.6. The zero-order valence-corrected chi connectivity index (χ0v) is 33.4. The molecule has 0 spiro atoms. The van der Waals surface area contributed by atoms with E-state index in [1.165, 1.54) is 77.0 Å². The van der Waals surface area contributed by atoms with E-state index in [1.54, 1.807) is 0 Å². The normalized spacial score (nSPS) is 17.8. The van der Waals surface area contributed by atoms with E-state index in [0.717, 1.165) is 59.4 Å². The van der Waals surface area contributed by atoms with Crippen molar-refractivity contribution in [3.8, 4) is 11.1 Å². The van der Waals surface area contributed by atoms with Gasteiger partial charge in [0.2, 0.25) is 0 Å². The van der Waals surface area contributed by atoms with Crippen molar-refractivity contribution < 1.29 is 19.4 Å². The first-order chi connectivity index (χ1) is 25.2. The quantitative estimate of drug-likeness (QED) is 0.0786. The first kappa shape index (κ1) is 42.6. The first-order valence-electron chi connectivity index (χ1n) is 19.5. The largest absolute Gasteiger partial charge is 0.392 e. The van der Waals surface area contributed by atoms with Gasteiger partial charge in [-0.05, 0) is 59.8 Å². The molecule has 1 amide bonds. The van der Waals surface area contributed by atoms with Crippen LogP contribution in [0.1, 0.15) is 132 Å². The fourth-order valence-corrected chi connectivity index (χ4v) is 7.02. The van der Waals surface area contributed by atoms with Crippen molar-refractivity contribution in [2.75, 3.05) is 19.6 Å². The van der Waals surface area contributed by atoms with E-state index < -0.39 is 16.0 Å². The molecule has 0 radical (unpaired) electrons. The molecule has 1 aliphatic rings. The highest BCUT2D eigenvalue weighted by molar-refractivity contribution is 6.76. The molecule has 286 valence electrons. The third-order valence-electron chi connectivity index (χ3n) is 9.89. The van der Waals surface area contributed by atoms with Gasteiger partial charge < -0.3 is 24.8 Å². The van der Waals surface area contributed by atoms with Crippen LogP contribution < -0.4 is 5.32 Å². The van der Waals surface area contributed by atoms with Crippen molar-refractivity contribution in [2.45, 2.75) is 133 Å². The minimum atomic E-state index is -2.00. The zero-order chi connectivity index (χ0) is 37.2. The number of amides is 1. The Morgan fingerprint density at radius 1 is 0.750 bits per heavy atom. The van der Waals surface area contributed by atoms with Crippen LogP contribution in [-0.2, 0) is 27.4 Å².